The van der Waals surface area contributed by atoms with E-state index in [1.807, 2.05) is 25.1 Å². The summed E-state index contributed by atoms with van der Waals surface area (Å²) in [6.45, 7) is 1.90. The fourth-order valence-electron chi connectivity index (χ4n) is 2.88. The second-order valence-corrected chi connectivity index (χ2v) is 6.16. The number of rotatable bonds is 5. The van der Waals surface area contributed by atoms with Crippen LogP contribution >= 0.6 is 0 Å². The van der Waals surface area contributed by atoms with Crippen molar-refractivity contribution in [1.82, 2.24) is 9.88 Å². The molecule has 0 aliphatic carbocycles. The van der Waals surface area contributed by atoms with Crippen LogP contribution < -0.4 is 5.01 Å². The number of hydrogen-bond donors (Lipinski definition) is 1. The van der Waals surface area contributed by atoms with Gasteiger partial charge >= 0.3 is 5.97 Å². The molecule has 0 fully saturated rings. The van der Waals surface area contributed by atoms with Crippen LogP contribution in [-0.4, -0.2) is 45.7 Å². The van der Waals surface area contributed by atoms with E-state index in [1.165, 1.54) is 5.01 Å². The first-order valence-electron chi connectivity index (χ1n) is 8.30. The lowest BCUT2D eigenvalue weighted by atomic mass is 10.1. The lowest BCUT2D eigenvalue weighted by Gasteiger charge is -2.24. The average molecular weight is 352 g/mol. The quantitative estimate of drug-likeness (QED) is 0.892. The van der Waals surface area contributed by atoms with Gasteiger partial charge in [-0.25, -0.2) is 4.79 Å². The number of hydrogen-bond acceptors (Lipinski definition) is 5. The van der Waals surface area contributed by atoms with Crippen molar-refractivity contribution in [3.8, 4) is 0 Å². The molecule has 1 N–H and O–H groups in total. The second kappa shape index (κ2) is 7.35. The number of aromatic nitrogens is 1. The van der Waals surface area contributed by atoms with Crippen LogP contribution in [0, 0.1) is 0 Å². The minimum absolute atomic E-state index is 0.0627. The summed E-state index contributed by atoms with van der Waals surface area (Å²) in [5.41, 5.74) is 1.78. The number of anilines is 1. The summed E-state index contributed by atoms with van der Waals surface area (Å²) in [6.07, 6.45) is 3.45. The minimum atomic E-state index is -1.01. The van der Waals surface area contributed by atoms with Crippen LogP contribution in [-0.2, 0) is 9.59 Å². The zero-order valence-corrected chi connectivity index (χ0v) is 14.6. The number of hydrazone groups is 1. The summed E-state index contributed by atoms with van der Waals surface area (Å²) in [6, 6.07) is 11.6. The van der Waals surface area contributed by atoms with E-state index in [0.29, 0.717) is 5.69 Å². The summed E-state index contributed by atoms with van der Waals surface area (Å²) in [4.78, 5) is 30.1. The molecule has 7 heteroatoms. The summed E-state index contributed by atoms with van der Waals surface area (Å²) >= 11 is 0. The molecule has 134 valence electrons. The van der Waals surface area contributed by atoms with Crippen molar-refractivity contribution >= 4 is 23.3 Å². The Kier molecular flexibility index (Phi) is 4.97. The van der Waals surface area contributed by atoms with Crippen molar-refractivity contribution in [3.05, 3.63) is 60.4 Å². The number of carboxylic acids is 1. The number of benzene rings is 1. The van der Waals surface area contributed by atoms with E-state index in [1.54, 1.807) is 48.6 Å². The predicted octanol–water partition coefficient (Wildman–Crippen LogP) is 2.32. The maximum Gasteiger partial charge on any atom is 0.328 e. The molecule has 1 aromatic heterocycles. The number of amides is 1. The van der Waals surface area contributed by atoms with Crippen molar-refractivity contribution in [2.24, 2.45) is 5.10 Å². The van der Waals surface area contributed by atoms with E-state index < -0.39 is 12.0 Å². The van der Waals surface area contributed by atoms with Gasteiger partial charge in [-0.3, -0.25) is 14.8 Å². The van der Waals surface area contributed by atoms with Crippen LogP contribution in [0.5, 0.6) is 0 Å². The SMILES string of the molecule is CC(c1cccnc1)N(C)C(=O)C1=NN(c2ccccc2)C(C(=O)O)C1. The number of pyridine rings is 1. The Morgan fingerprint density at radius 2 is 1.96 bits per heavy atom. The van der Waals surface area contributed by atoms with E-state index in [0.717, 1.165) is 5.56 Å². The third-order valence-corrected chi connectivity index (χ3v) is 4.53. The summed E-state index contributed by atoms with van der Waals surface area (Å²) in [5.74, 6) is -1.30. The van der Waals surface area contributed by atoms with Crippen molar-refractivity contribution in [2.75, 3.05) is 12.1 Å². The fraction of sp³-hybridized carbons (Fsp3) is 0.263. The van der Waals surface area contributed by atoms with Crippen LogP contribution in [0.2, 0.25) is 0 Å². The highest BCUT2D eigenvalue weighted by molar-refractivity contribution is 6.40. The van der Waals surface area contributed by atoms with Gasteiger partial charge in [0.2, 0.25) is 0 Å². The van der Waals surface area contributed by atoms with Gasteiger partial charge in [0.1, 0.15) is 5.71 Å². The maximum absolute atomic E-state index is 12.9. The standard InChI is InChI=1S/C19H20N4O3/c1-13(14-7-6-10-20-12-14)22(2)18(24)16-11-17(19(25)26)23(21-16)15-8-4-3-5-9-15/h3-10,12-13,17H,11H2,1-2H3,(H,25,26). The van der Waals surface area contributed by atoms with Crippen LogP contribution in [0.15, 0.2) is 60.0 Å². The number of carbonyl (C=O) groups is 2. The first-order valence-corrected chi connectivity index (χ1v) is 8.30. The molecule has 0 radical (unpaired) electrons. The highest BCUT2D eigenvalue weighted by Gasteiger charge is 2.37. The van der Waals surface area contributed by atoms with Gasteiger partial charge in [0, 0.05) is 25.9 Å². The van der Waals surface area contributed by atoms with E-state index in [-0.39, 0.29) is 24.1 Å². The van der Waals surface area contributed by atoms with Crippen molar-refractivity contribution in [2.45, 2.75) is 25.4 Å². The first-order chi connectivity index (χ1) is 12.5. The topological polar surface area (TPSA) is 86.1 Å². The number of aliphatic carboxylic acids is 1. The normalized spacial score (nSPS) is 17.5. The molecule has 2 aromatic rings. The van der Waals surface area contributed by atoms with E-state index in [9.17, 15) is 14.7 Å². The van der Waals surface area contributed by atoms with Gasteiger partial charge in [-0.1, -0.05) is 24.3 Å². The van der Waals surface area contributed by atoms with Gasteiger partial charge in [-0.05, 0) is 30.7 Å². The smallest absolute Gasteiger partial charge is 0.328 e. The number of carbonyl (C=O) groups excluding carboxylic acids is 1. The lowest BCUT2D eigenvalue weighted by Crippen LogP contribution is -2.37. The molecular formula is C19H20N4O3. The van der Waals surface area contributed by atoms with E-state index >= 15 is 0 Å². The molecule has 3 rings (SSSR count). The predicted molar refractivity (Wildman–Crippen MR) is 97.8 cm³/mol. The molecule has 1 aromatic carbocycles. The van der Waals surface area contributed by atoms with Gasteiger partial charge in [0.25, 0.3) is 5.91 Å². The minimum Gasteiger partial charge on any atom is -0.480 e. The van der Waals surface area contributed by atoms with Crippen LogP contribution in [0.3, 0.4) is 0 Å². The molecule has 0 bridgehead atoms. The molecule has 2 atom stereocenters. The van der Waals surface area contributed by atoms with Gasteiger partial charge in [0.05, 0.1) is 11.7 Å². The van der Waals surface area contributed by atoms with E-state index in [4.69, 9.17) is 0 Å². The summed E-state index contributed by atoms with van der Waals surface area (Å²) < 4.78 is 0. The molecule has 7 nitrogen and oxygen atoms in total. The monoisotopic (exact) mass is 352 g/mol. The molecule has 0 spiro atoms. The van der Waals surface area contributed by atoms with Crippen LogP contribution in [0.4, 0.5) is 5.69 Å². The third-order valence-electron chi connectivity index (χ3n) is 4.53. The molecule has 1 amide bonds. The second-order valence-electron chi connectivity index (χ2n) is 6.16. The Morgan fingerprint density at radius 3 is 2.58 bits per heavy atom. The van der Waals surface area contributed by atoms with Gasteiger partial charge < -0.3 is 10.0 Å². The van der Waals surface area contributed by atoms with Crippen LogP contribution in [0.1, 0.15) is 24.9 Å². The summed E-state index contributed by atoms with van der Waals surface area (Å²) in [7, 11) is 1.68. The molecule has 1 aliphatic rings. The zero-order valence-electron chi connectivity index (χ0n) is 14.6. The highest BCUT2D eigenvalue weighted by atomic mass is 16.4. The number of para-hydroxylation sites is 1. The summed E-state index contributed by atoms with van der Waals surface area (Å²) in [5, 5.41) is 15.2. The van der Waals surface area contributed by atoms with E-state index in [2.05, 4.69) is 10.1 Å². The third kappa shape index (κ3) is 3.42. The van der Waals surface area contributed by atoms with Crippen molar-refractivity contribution < 1.29 is 14.7 Å². The Hall–Kier alpha value is -3.22. The molecular weight excluding hydrogens is 332 g/mol. The van der Waals surface area contributed by atoms with Gasteiger partial charge in [0.15, 0.2) is 6.04 Å². The Labute approximate surface area is 151 Å². The molecule has 0 saturated carbocycles. The maximum atomic E-state index is 12.9. The lowest BCUT2D eigenvalue weighted by molar-refractivity contribution is -0.138. The number of nitrogens with zero attached hydrogens (tertiary/aromatic N) is 4. The highest BCUT2D eigenvalue weighted by Crippen LogP contribution is 2.26. The fourth-order valence-corrected chi connectivity index (χ4v) is 2.88. The van der Waals surface area contributed by atoms with Gasteiger partial charge in [-0.2, -0.15) is 5.10 Å². The first kappa shape index (κ1) is 17.6. The van der Waals surface area contributed by atoms with Crippen LogP contribution in [0.25, 0.3) is 0 Å². The van der Waals surface area contributed by atoms with Gasteiger partial charge in [-0.15, -0.1) is 0 Å². The Morgan fingerprint density at radius 1 is 1.23 bits per heavy atom. The molecule has 2 unspecified atom stereocenters. The zero-order chi connectivity index (χ0) is 18.7. The molecule has 26 heavy (non-hydrogen) atoms. The molecule has 2 heterocycles. The Bertz CT molecular complexity index is 823. The molecule has 1 aliphatic heterocycles. The number of carboxylic acid groups (broad SMARTS) is 1. The largest absolute Gasteiger partial charge is 0.480 e. The van der Waals surface area contributed by atoms with Crippen molar-refractivity contribution in [3.63, 3.8) is 0 Å². The molecule has 0 saturated heterocycles. The van der Waals surface area contributed by atoms with Crippen molar-refractivity contribution in [1.29, 1.82) is 0 Å². The average Bonchev–Trinajstić information content (AvgIpc) is 3.13. The Balaban J connectivity index is 1.83.